The molecule has 2 saturated carbocycles. The van der Waals surface area contributed by atoms with Crippen molar-refractivity contribution < 1.29 is 31.5 Å². The number of carbonyl (C=O) groups is 1. The summed E-state index contributed by atoms with van der Waals surface area (Å²) in [6, 6.07) is 4.96. The number of halogens is 4. The number of hydrogen-bond donors (Lipinski definition) is 2. The normalized spacial score (nSPS) is 26.2. The van der Waals surface area contributed by atoms with E-state index in [1.165, 1.54) is 12.1 Å². The Morgan fingerprint density at radius 2 is 1.69 bits per heavy atom. The monoisotopic (exact) mass is 530 g/mol. The molecule has 0 saturated heterocycles. The van der Waals surface area contributed by atoms with Crippen LogP contribution in [-0.4, -0.2) is 55.8 Å². The first-order valence-corrected chi connectivity index (χ1v) is 13.1. The zero-order chi connectivity index (χ0) is 25.7. The summed E-state index contributed by atoms with van der Waals surface area (Å²) in [7, 11) is -0.252. The van der Waals surface area contributed by atoms with E-state index in [2.05, 4.69) is 5.32 Å². The van der Waals surface area contributed by atoms with Crippen molar-refractivity contribution in [3.63, 3.8) is 0 Å². The summed E-state index contributed by atoms with van der Waals surface area (Å²) in [5, 5.41) is 12.5. The fourth-order valence-electron chi connectivity index (χ4n) is 5.70. The predicted octanol–water partition coefficient (Wildman–Crippen LogP) is 4.26. The van der Waals surface area contributed by atoms with E-state index >= 15 is 0 Å². The zero-order valence-electron chi connectivity index (χ0n) is 19.2. The summed E-state index contributed by atoms with van der Waals surface area (Å²) in [5.74, 6) is -5.94. The molecule has 190 valence electrons. The summed E-state index contributed by atoms with van der Waals surface area (Å²) in [5.41, 5.74) is -1.38. The maximum atomic E-state index is 13.7. The van der Waals surface area contributed by atoms with Crippen LogP contribution in [0.5, 0.6) is 0 Å². The number of anilines is 1. The zero-order valence-corrected chi connectivity index (χ0v) is 20.8. The van der Waals surface area contributed by atoms with Crippen molar-refractivity contribution in [1.82, 2.24) is 4.90 Å². The lowest BCUT2D eigenvalue weighted by atomic mass is 9.77. The van der Waals surface area contributed by atoms with Crippen molar-refractivity contribution in [3.05, 3.63) is 58.4 Å². The molecule has 0 radical (unpaired) electrons. The lowest BCUT2D eigenvalue weighted by Gasteiger charge is -2.42. The number of sulfone groups is 1. The fraction of sp³-hybridized carbons (Fsp3) is 0.458. The molecule has 0 aromatic heterocycles. The second-order valence-electron chi connectivity index (χ2n) is 9.83. The van der Waals surface area contributed by atoms with Crippen molar-refractivity contribution in [2.24, 2.45) is 11.8 Å². The molecule has 6 nitrogen and oxygen atoms in total. The van der Waals surface area contributed by atoms with Gasteiger partial charge in [-0.15, -0.1) is 0 Å². The fourth-order valence-corrected chi connectivity index (χ4v) is 8.54. The van der Waals surface area contributed by atoms with Gasteiger partial charge in [-0.05, 0) is 69.8 Å². The van der Waals surface area contributed by atoms with Crippen LogP contribution < -0.4 is 5.32 Å². The summed E-state index contributed by atoms with van der Waals surface area (Å²) in [4.78, 5) is 14.4. The first-order chi connectivity index (χ1) is 16.3. The molecule has 2 aliphatic carbocycles. The lowest BCUT2D eigenvalue weighted by molar-refractivity contribution is -0.0363. The average molecular weight is 531 g/mol. The molecule has 1 amide bonds. The molecular weight excluding hydrogens is 505 g/mol. The molecule has 11 heteroatoms. The van der Waals surface area contributed by atoms with Gasteiger partial charge in [0.15, 0.2) is 27.3 Å². The van der Waals surface area contributed by atoms with Crippen molar-refractivity contribution >= 4 is 33.0 Å². The maximum absolute atomic E-state index is 13.7. The Balaban J connectivity index is 1.61. The van der Waals surface area contributed by atoms with E-state index in [1.807, 2.05) is 19.0 Å². The van der Waals surface area contributed by atoms with Gasteiger partial charge in [0.05, 0.1) is 20.8 Å². The van der Waals surface area contributed by atoms with Crippen LogP contribution in [0.3, 0.4) is 0 Å². The minimum atomic E-state index is -3.96. The lowest BCUT2D eigenvalue weighted by Crippen LogP contribution is -2.50. The van der Waals surface area contributed by atoms with E-state index in [0.717, 1.165) is 6.07 Å². The topological polar surface area (TPSA) is 86.7 Å². The van der Waals surface area contributed by atoms with Crippen LogP contribution in [0, 0.1) is 29.3 Å². The van der Waals surface area contributed by atoms with Crippen LogP contribution in [0.2, 0.25) is 5.02 Å². The molecular formula is C24H26ClF3N2O4S. The molecule has 2 bridgehead atoms. The van der Waals surface area contributed by atoms with Crippen LogP contribution in [0.15, 0.2) is 35.2 Å². The second-order valence-corrected chi connectivity index (χ2v) is 12.3. The third-order valence-electron chi connectivity index (χ3n) is 6.83. The molecule has 2 aromatic rings. The largest absolute Gasteiger partial charge is 0.389 e. The van der Waals surface area contributed by atoms with Crippen LogP contribution in [0.1, 0.15) is 36.0 Å². The number of rotatable bonds is 6. The number of benzene rings is 2. The maximum Gasteiger partial charge on any atom is 0.255 e. The molecule has 2 atom stereocenters. The van der Waals surface area contributed by atoms with Gasteiger partial charge < -0.3 is 15.3 Å². The van der Waals surface area contributed by atoms with Crippen molar-refractivity contribution in [3.8, 4) is 0 Å². The minimum Gasteiger partial charge on any atom is -0.389 e. The van der Waals surface area contributed by atoms with E-state index in [9.17, 15) is 31.5 Å². The van der Waals surface area contributed by atoms with Crippen LogP contribution in [0.25, 0.3) is 0 Å². The van der Waals surface area contributed by atoms with E-state index in [1.54, 1.807) is 0 Å². The number of carbonyl (C=O) groups excluding carboxylic acids is 1. The van der Waals surface area contributed by atoms with E-state index < -0.39 is 44.0 Å². The highest BCUT2D eigenvalue weighted by Gasteiger charge is 2.54. The van der Waals surface area contributed by atoms with Gasteiger partial charge in [-0.3, -0.25) is 4.79 Å². The summed E-state index contributed by atoms with van der Waals surface area (Å²) in [6.45, 7) is 0.438. The summed E-state index contributed by atoms with van der Waals surface area (Å²) >= 11 is 6.26. The molecule has 2 fully saturated rings. The van der Waals surface area contributed by atoms with Crippen molar-refractivity contribution in [2.75, 3.05) is 26.0 Å². The highest BCUT2D eigenvalue weighted by Crippen LogP contribution is 2.51. The standard InChI is InChI=1S/C24H26ClF3N2O4S/c1-30(2)12-24(32)10-14-3-4-15(11-24)22(14)35(33,34)20-7-13(5-6-17(20)25)23(31)29-16-8-18(26)21(28)19(27)9-16/h5-9,14-15,22,32H,3-4,10-12H2,1-2H3,(H,29,31). The number of aliphatic hydroxyl groups is 1. The van der Waals surface area contributed by atoms with E-state index in [0.29, 0.717) is 44.4 Å². The number of likely N-dealkylation sites (N-methyl/N-ethyl adjacent to an activating group) is 1. The van der Waals surface area contributed by atoms with Gasteiger partial charge in [0.2, 0.25) is 0 Å². The van der Waals surface area contributed by atoms with Gasteiger partial charge in [-0.1, -0.05) is 11.6 Å². The second kappa shape index (κ2) is 9.38. The summed E-state index contributed by atoms with van der Waals surface area (Å²) < 4.78 is 67.6. The molecule has 2 unspecified atom stereocenters. The van der Waals surface area contributed by atoms with Crippen molar-refractivity contribution in [1.29, 1.82) is 0 Å². The molecule has 2 aromatic carbocycles. The van der Waals surface area contributed by atoms with Gasteiger partial charge in [-0.25, -0.2) is 21.6 Å². The first kappa shape index (κ1) is 25.9. The van der Waals surface area contributed by atoms with Gasteiger partial charge in [0.25, 0.3) is 5.91 Å². The van der Waals surface area contributed by atoms with Gasteiger partial charge in [-0.2, -0.15) is 0 Å². The quantitative estimate of drug-likeness (QED) is 0.545. The van der Waals surface area contributed by atoms with E-state index in [-0.39, 0.29) is 33.0 Å². The third kappa shape index (κ3) is 5.07. The number of nitrogens with one attached hydrogen (secondary N) is 1. The smallest absolute Gasteiger partial charge is 0.255 e. The van der Waals surface area contributed by atoms with Gasteiger partial charge in [0.1, 0.15) is 0 Å². The van der Waals surface area contributed by atoms with Crippen LogP contribution >= 0.6 is 11.6 Å². The first-order valence-electron chi connectivity index (χ1n) is 11.2. The Kier molecular flexibility index (Phi) is 6.95. The van der Waals surface area contributed by atoms with E-state index in [4.69, 9.17) is 11.6 Å². The molecule has 35 heavy (non-hydrogen) atoms. The summed E-state index contributed by atoms with van der Waals surface area (Å²) in [6.07, 6.45) is 2.05. The Morgan fingerprint density at radius 3 is 2.23 bits per heavy atom. The molecule has 4 rings (SSSR count). The highest BCUT2D eigenvalue weighted by molar-refractivity contribution is 7.92. The molecule has 0 spiro atoms. The Bertz CT molecular complexity index is 1230. The molecule has 2 N–H and O–H groups in total. The molecule has 0 heterocycles. The number of hydrogen-bond acceptors (Lipinski definition) is 5. The highest BCUT2D eigenvalue weighted by atomic mass is 35.5. The predicted molar refractivity (Wildman–Crippen MR) is 126 cm³/mol. The SMILES string of the molecule is CN(C)CC1(O)CC2CCC(C1)C2S(=O)(=O)c1cc(C(=O)Nc2cc(F)c(F)c(F)c2)ccc1Cl. The average Bonchev–Trinajstić information content (AvgIpc) is 3.04. The molecule has 0 aliphatic heterocycles. The Morgan fingerprint density at radius 1 is 1.11 bits per heavy atom. The van der Waals surface area contributed by atoms with Crippen LogP contribution in [0.4, 0.5) is 18.9 Å². The Labute approximate surface area is 207 Å². The number of amides is 1. The molecule has 2 aliphatic rings. The minimum absolute atomic E-state index is 0.0473. The third-order valence-corrected chi connectivity index (χ3v) is 9.71. The Hall–Kier alpha value is -2.14. The number of fused-ring (bicyclic) bond motifs is 2. The van der Waals surface area contributed by atoms with Crippen molar-refractivity contribution in [2.45, 2.75) is 41.4 Å². The van der Waals surface area contributed by atoms with Crippen LogP contribution in [-0.2, 0) is 9.84 Å². The van der Waals surface area contributed by atoms with Gasteiger partial charge >= 0.3 is 0 Å². The number of nitrogens with zero attached hydrogens (tertiary/aromatic N) is 1. The van der Waals surface area contributed by atoms with Gasteiger partial charge in [0, 0.05) is 29.9 Å².